The number of rotatable bonds is 0. The summed E-state index contributed by atoms with van der Waals surface area (Å²) in [5, 5.41) is 30.0. The van der Waals surface area contributed by atoms with Gasteiger partial charge in [0.25, 0.3) is 0 Å². The predicted molar refractivity (Wildman–Crippen MR) is 49.4 cm³/mol. The fraction of sp³-hybridized carbons (Fsp3) is 0.800. The van der Waals surface area contributed by atoms with Crippen LogP contribution in [0.3, 0.4) is 0 Å². The van der Waals surface area contributed by atoms with E-state index in [1.807, 2.05) is 0 Å². The van der Waals surface area contributed by atoms with Crippen LogP contribution in [0.15, 0.2) is 12.3 Å². The second-order valence-electron chi connectivity index (χ2n) is 4.59. The zero-order valence-electron chi connectivity index (χ0n) is 8.34. The number of ether oxygens (including phenoxy) is 1. The first kappa shape index (κ1) is 9.96. The van der Waals surface area contributed by atoms with E-state index in [2.05, 4.69) is 0 Å². The Hall–Kier alpha value is -0.580. The summed E-state index contributed by atoms with van der Waals surface area (Å²) in [5.74, 6) is -0.477. The first-order valence-corrected chi connectivity index (χ1v) is 4.84. The van der Waals surface area contributed by atoms with Gasteiger partial charge in [0.15, 0.2) is 0 Å². The molecule has 0 aromatic rings. The van der Waals surface area contributed by atoms with Gasteiger partial charge in [-0.3, -0.25) is 0 Å². The molecule has 0 radical (unpaired) electrons. The van der Waals surface area contributed by atoms with Crippen LogP contribution in [0, 0.1) is 5.92 Å². The Morgan fingerprint density at radius 1 is 1.43 bits per heavy atom. The zero-order chi connectivity index (χ0) is 10.6. The van der Waals surface area contributed by atoms with Crippen LogP contribution in [-0.4, -0.2) is 38.7 Å². The van der Waals surface area contributed by atoms with Crippen LogP contribution in [0.4, 0.5) is 0 Å². The van der Waals surface area contributed by atoms with E-state index < -0.39 is 23.2 Å². The molecule has 0 spiro atoms. The molecule has 80 valence electrons. The molecule has 0 unspecified atom stereocenters. The highest BCUT2D eigenvalue weighted by Crippen LogP contribution is 2.48. The van der Waals surface area contributed by atoms with Crippen LogP contribution in [0.1, 0.15) is 20.3 Å². The van der Waals surface area contributed by atoms with Crippen LogP contribution in [0.25, 0.3) is 0 Å². The minimum Gasteiger partial charge on any atom is -0.498 e. The fourth-order valence-electron chi connectivity index (χ4n) is 2.83. The number of aliphatic hydroxyl groups is 3. The molecule has 4 nitrogen and oxygen atoms in total. The van der Waals surface area contributed by atoms with Crippen molar-refractivity contribution in [2.45, 2.75) is 43.7 Å². The van der Waals surface area contributed by atoms with E-state index in [1.165, 1.54) is 12.3 Å². The SMILES string of the molecule is C[C@@H]1OC=C[C@@]2(O)[C@H](O)C[C@](C)(O)[C@@H]12. The van der Waals surface area contributed by atoms with Crippen molar-refractivity contribution in [3.63, 3.8) is 0 Å². The van der Waals surface area contributed by atoms with Crippen molar-refractivity contribution in [1.29, 1.82) is 0 Å². The van der Waals surface area contributed by atoms with Crippen molar-refractivity contribution < 1.29 is 20.1 Å². The lowest BCUT2D eigenvalue weighted by Gasteiger charge is -2.40. The molecule has 0 aromatic carbocycles. The highest BCUT2D eigenvalue weighted by molar-refractivity contribution is 5.21. The maximum absolute atomic E-state index is 10.2. The van der Waals surface area contributed by atoms with Gasteiger partial charge in [-0.1, -0.05) is 0 Å². The number of fused-ring (bicyclic) bond motifs is 1. The number of hydrogen-bond acceptors (Lipinski definition) is 4. The molecule has 2 aliphatic rings. The monoisotopic (exact) mass is 200 g/mol. The zero-order valence-corrected chi connectivity index (χ0v) is 8.34. The maximum atomic E-state index is 10.2. The first-order valence-electron chi connectivity index (χ1n) is 4.84. The summed E-state index contributed by atoms with van der Waals surface area (Å²) in [5.41, 5.74) is -2.43. The highest BCUT2D eigenvalue weighted by Gasteiger charge is 2.61. The summed E-state index contributed by atoms with van der Waals surface area (Å²) in [6.07, 6.45) is 1.78. The Morgan fingerprint density at radius 3 is 2.64 bits per heavy atom. The van der Waals surface area contributed by atoms with Crippen molar-refractivity contribution in [1.82, 2.24) is 0 Å². The first-order chi connectivity index (χ1) is 6.38. The van der Waals surface area contributed by atoms with Crippen molar-refractivity contribution in [2.24, 2.45) is 5.92 Å². The molecular formula is C10H16O4. The minimum atomic E-state index is -1.35. The van der Waals surface area contributed by atoms with Crippen molar-refractivity contribution in [2.75, 3.05) is 0 Å². The summed E-state index contributed by atoms with van der Waals surface area (Å²) < 4.78 is 5.23. The normalized spacial score (nSPS) is 56.8. The molecule has 1 heterocycles. The molecule has 0 bridgehead atoms. The quantitative estimate of drug-likeness (QED) is 0.505. The van der Waals surface area contributed by atoms with E-state index in [0.29, 0.717) is 0 Å². The van der Waals surface area contributed by atoms with E-state index >= 15 is 0 Å². The number of hydrogen-bond donors (Lipinski definition) is 3. The Balaban J connectivity index is 2.44. The Morgan fingerprint density at radius 2 is 2.07 bits per heavy atom. The lowest BCUT2D eigenvalue weighted by atomic mass is 9.78. The third kappa shape index (κ3) is 1.11. The minimum absolute atomic E-state index is 0.173. The summed E-state index contributed by atoms with van der Waals surface area (Å²) in [7, 11) is 0. The van der Waals surface area contributed by atoms with Crippen LogP contribution >= 0.6 is 0 Å². The number of aliphatic hydroxyl groups excluding tert-OH is 1. The molecule has 1 aliphatic heterocycles. The van der Waals surface area contributed by atoms with Crippen molar-refractivity contribution in [3.8, 4) is 0 Å². The molecule has 14 heavy (non-hydrogen) atoms. The van der Waals surface area contributed by atoms with Crippen LogP contribution in [0.2, 0.25) is 0 Å². The van der Waals surface area contributed by atoms with Gasteiger partial charge < -0.3 is 20.1 Å². The molecule has 3 N–H and O–H groups in total. The topological polar surface area (TPSA) is 69.9 Å². The smallest absolute Gasteiger partial charge is 0.121 e. The lowest BCUT2D eigenvalue weighted by molar-refractivity contribution is -0.125. The van der Waals surface area contributed by atoms with Gasteiger partial charge >= 0.3 is 0 Å². The maximum Gasteiger partial charge on any atom is 0.121 e. The summed E-state index contributed by atoms with van der Waals surface area (Å²) in [6, 6.07) is 0. The van der Waals surface area contributed by atoms with E-state index in [-0.39, 0.29) is 12.5 Å². The van der Waals surface area contributed by atoms with E-state index in [4.69, 9.17) is 4.74 Å². The van der Waals surface area contributed by atoms with Gasteiger partial charge in [0.05, 0.1) is 23.9 Å². The largest absolute Gasteiger partial charge is 0.498 e. The van der Waals surface area contributed by atoms with E-state index in [1.54, 1.807) is 13.8 Å². The van der Waals surface area contributed by atoms with Gasteiger partial charge in [0.1, 0.15) is 11.7 Å². The predicted octanol–water partition coefficient (Wildman–Crippen LogP) is -0.218. The average Bonchev–Trinajstić information content (AvgIpc) is 2.19. The molecule has 1 fully saturated rings. The van der Waals surface area contributed by atoms with Gasteiger partial charge in [-0.05, 0) is 19.9 Å². The molecule has 5 atom stereocenters. The molecule has 0 amide bonds. The molecule has 4 heteroatoms. The molecule has 1 saturated carbocycles. The van der Waals surface area contributed by atoms with Gasteiger partial charge in [-0.25, -0.2) is 0 Å². The molecule has 0 saturated heterocycles. The molecule has 1 aliphatic carbocycles. The van der Waals surface area contributed by atoms with E-state index in [9.17, 15) is 15.3 Å². The van der Waals surface area contributed by atoms with Gasteiger partial charge in [-0.2, -0.15) is 0 Å². The fourth-order valence-corrected chi connectivity index (χ4v) is 2.83. The molecular weight excluding hydrogens is 184 g/mol. The summed E-state index contributed by atoms with van der Waals surface area (Å²) in [4.78, 5) is 0. The second kappa shape index (κ2) is 2.72. The molecule has 2 rings (SSSR count). The standard InChI is InChI=1S/C10H16O4/c1-6-8-9(2,12)5-7(11)10(8,13)3-4-14-6/h3-4,6-8,11-13H,5H2,1-2H3/t6-,7+,8+,9-,10+/m0/s1. The Kier molecular flexibility index (Phi) is 1.93. The Labute approximate surface area is 82.8 Å². The van der Waals surface area contributed by atoms with Gasteiger partial charge in [0, 0.05) is 6.42 Å². The Bertz CT molecular complexity index is 273. The lowest BCUT2D eigenvalue weighted by Crippen LogP contribution is -2.52. The van der Waals surface area contributed by atoms with Crippen molar-refractivity contribution in [3.05, 3.63) is 12.3 Å². The summed E-state index contributed by atoms with van der Waals surface area (Å²) >= 11 is 0. The average molecular weight is 200 g/mol. The molecule has 0 aromatic heterocycles. The highest BCUT2D eigenvalue weighted by atomic mass is 16.5. The second-order valence-corrected chi connectivity index (χ2v) is 4.59. The van der Waals surface area contributed by atoms with Crippen LogP contribution < -0.4 is 0 Å². The van der Waals surface area contributed by atoms with Crippen LogP contribution in [0.5, 0.6) is 0 Å². The van der Waals surface area contributed by atoms with Crippen molar-refractivity contribution >= 4 is 0 Å². The van der Waals surface area contributed by atoms with Crippen LogP contribution in [-0.2, 0) is 4.74 Å². The third-order valence-electron chi connectivity index (χ3n) is 3.41. The van der Waals surface area contributed by atoms with Gasteiger partial charge in [-0.15, -0.1) is 0 Å². The summed E-state index contributed by atoms with van der Waals surface area (Å²) in [6.45, 7) is 3.41. The van der Waals surface area contributed by atoms with Gasteiger partial charge in [0.2, 0.25) is 0 Å². The third-order valence-corrected chi connectivity index (χ3v) is 3.41. The van der Waals surface area contributed by atoms with E-state index in [0.717, 1.165) is 0 Å².